The summed E-state index contributed by atoms with van der Waals surface area (Å²) in [6, 6.07) is -0.284. The largest absolute Gasteiger partial charge is 0.394 e. The highest BCUT2D eigenvalue weighted by molar-refractivity contribution is 7.99. The summed E-state index contributed by atoms with van der Waals surface area (Å²) in [6.45, 7) is 12.1. The maximum Gasteiger partial charge on any atom is 0.191 e. The summed E-state index contributed by atoms with van der Waals surface area (Å²) in [6.07, 6.45) is 1.92. The van der Waals surface area contributed by atoms with Crippen LogP contribution in [0.15, 0.2) is 10.3 Å². The van der Waals surface area contributed by atoms with Gasteiger partial charge in [-0.2, -0.15) is 0 Å². The van der Waals surface area contributed by atoms with Gasteiger partial charge in [0.25, 0.3) is 0 Å². The molecule has 3 aromatic heterocycles. The molecular weight excluding hydrogens is 797 g/mol. The van der Waals surface area contributed by atoms with Gasteiger partial charge < -0.3 is 49.7 Å². The summed E-state index contributed by atoms with van der Waals surface area (Å²) in [5, 5.41) is 31.8. The Balaban J connectivity index is 0.000000187. The van der Waals surface area contributed by atoms with Gasteiger partial charge in [0.2, 0.25) is 0 Å². The van der Waals surface area contributed by atoms with Crippen molar-refractivity contribution in [2.24, 2.45) is 0 Å². The summed E-state index contributed by atoms with van der Waals surface area (Å²) < 4.78 is 37.7. The van der Waals surface area contributed by atoms with Crippen molar-refractivity contribution in [1.29, 1.82) is 0 Å². The number of nitrogen functional groups attached to an aromatic ring is 1. The van der Waals surface area contributed by atoms with E-state index in [1.165, 1.54) is 11.8 Å². The van der Waals surface area contributed by atoms with Crippen molar-refractivity contribution in [2.75, 3.05) is 49.0 Å². The molecule has 5 N–H and O–H groups in total. The Labute approximate surface area is 338 Å². The van der Waals surface area contributed by atoms with Crippen LogP contribution in [0.4, 0.5) is 11.5 Å². The van der Waals surface area contributed by atoms with Gasteiger partial charge in [-0.25, -0.2) is 24.6 Å². The van der Waals surface area contributed by atoms with Gasteiger partial charge >= 0.3 is 0 Å². The molecule has 5 heterocycles. The minimum absolute atomic E-state index is 0.0390. The standard InChI is InChI=1S/C17H24ClN5O4S.C17H27ClN4O4S/c1-4-7-28-16-19-14(18)11-15(20-16)23(22-21-11)9-8-10(25-6-5-24)13-12(9)26-17(2,3)27-13;1-4-7-27-16-21-14(18)11(19)15(22-16)20-9-8-10(24-6-5-23)13-12(9)25-17(2,3)26-13/h9-10,12-13,24H,4-8H2,1-3H3;9-10,12-13,23H,4-8,19H2,1-3H3,(H,20,21,22)/t2*9-,10+,12+,13-/m11/s1. The molecule has 0 unspecified atom stereocenters. The molecule has 0 bridgehead atoms. The molecule has 2 saturated heterocycles. The second-order valence-electron chi connectivity index (χ2n) is 14.4. The van der Waals surface area contributed by atoms with Crippen molar-refractivity contribution in [3.63, 3.8) is 0 Å². The number of anilines is 2. The van der Waals surface area contributed by atoms with E-state index in [-0.39, 0.29) is 80.3 Å². The second-order valence-corrected chi connectivity index (χ2v) is 17.3. The quantitative estimate of drug-likeness (QED) is 0.0940. The molecule has 2 aliphatic heterocycles. The first-order valence-electron chi connectivity index (χ1n) is 18.6. The first-order chi connectivity index (χ1) is 26.3. The van der Waals surface area contributed by atoms with Crippen LogP contribution in [0.2, 0.25) is 10.3 Å². The van der Waals surface area contributed by atoms with Crippen molar-refractivity contribution >= 4 is 69.4 Å². The summed E-state index contributed by atoms with van der Waals surface area (Å²) in [5.74, 6) is 0.872. The van der Waals surface area contributed by atoms with E-state index in [1.54, 1.807) is 16.4 Å². The zero-order chi connectivity index (χ0) is 39.5. The number of fused-ring (bicyclic) bond motifs is 3. The molecule has 2 saturated carbocycles. The molecule has 0 amide bonds. The van der Waals surface area contributed by atoms with Crippen LogP contribution in [-0.4, -0.2) is 137 Å². The first kappa shape index (κ1) is 42.7. The van der Waals surface area contributed by atoms with Crippen LogP contribution >= 0.6 is 46.7 Å². The molecule has 8 atom stereocenters. The van der Waals surface area contributed by atoms with E-state index >= 15 is 0 Å². The van der Waals surface area contributed by atoms with Crippen LogP contribution in [0, 0.1) is 0 Å². The van der Waals surface area contributed by atoms with Crippen molar-refractivity contribution in [3.05, 3.63) is 10.3 Å². The van der Waals surface area contributed by atoms with Crippen LogP contribution < -0.4 is 11.1 Å². The van der Waals surface area contributed by atoms with E-state index in [0.717, 1.165) is 24.3 Å². The highest BCUT2D eigenvalue weighted by Gasteiger charge is 2.56. The topological polar surface area (TPSA) is 216 Å². The number of nitrogens with one attached hydrogen (secondary N) is 1. The normalized spacial score (nSPS) is 29.0. The van der Waals surface area contributed by atoms with E-state index in [2.05, 4.69) is 49.4 Å². The minimum Gasteiger partial charge on any atom is -0.394 e. The summed E-state index contributed by atoms with van der Waals surface area (Å²) >= 11 is 15.6. The molecule has 7 rings (SSSR count). The number of aromatic nitrogens is 7. The first-order valence-corrected chi connectivity index (χ1v) is 21.3. The van der Waals surface area contributed by atoms with Crippen LogP contribution in [0.5, 0.6) is 0 Å². The number of aliphatic hydroxyl groups is 2. The number of thioether (sulfide) groups is 2. The molecule has 0 aromatic carbocycles. The molecule has 2 aliphatic carbocycles. The van der Waals surface area contributed by atoms with Gasteiger partial charge in [0.15, 0.2) is 49.2 Å². The third kappa shape index (κ3) is 9.88. The highest BCUT2D eigenvalue weighted by atomic mass is 35.5. The molecule has 55 heavy (non-hydrogen) atoms. The summed E-state index contributed by atoms with van der Waals surface area (Å²) in [5.41, 5.74) is 7.46. The Hall–Kier alpha value is -1.88. The maximum atomic E-state index is 9.13. The van der Waals surface area contributed by atoms with Crippen molar-refractivity contribution in [1.82, 2.24) is 34.9 Å². The van der Waals surface area contributed by atoms with E-state index in [9.17, 15) is 0 Å². The molecule has 17 nitrogen and oxygen atoms in total. The van der Waals surface area contributed by atoms with E-state index in [0.29, 0.717) is 51.0 Å². The Morgan fingerprint density at radius 1 is 0.800 bits per heavy atom. The van der Waals surface area contributed by atoms with Gasteiger partial charge in [0.05, 0.1) is 50.7 Å². The maximum absolute atomic E-state index is 9.13. The lowest BCUT2D eigenvalue weighted by Gasteiger charge is -2.24. The minimum atomic E-state index is -0.722. The van der Waals surface area contributed by atoms with Crippen molar-refractivity contribution in [2.45, 2.75) is 138 Å². The lowest BCUT2D eigenvalue weighted by atomic mass is 10.2. The molecule has 0 radical (unpaired) electrons. The van der Waals surface area contributed by atoms with Gasteiger partial charge in [-0.05, 0) is 47.0 Å². The van der Waals surface area contributed by atoms with E-state index in [4.69, 9.17) is 67.6 Å². The van der Waals surface area contributed by atoms with Gasteiger partial charge in [-0.3, -0.25) is 0 Å². The van der Waals surface area contributed by atoms with Gasteiger partial charge in [0, 0.05) is 17.9 Å². The number of halogens is 2. The average Bonchev–Trinajstić information content (AvgIpc) is 3.93. The van der Waals surface area contributed by atoms with Crippen LogP contribution in [-0.2, 0) is 28.4 Å². The third-order valence-corrected chi connectivity index (χ3v) is 11.9. The number of nitrogens with two attached hydrogens (primary N) is 1. The fourth-order valence-corrected chi connectivity index (χ4v) is 9.05. The molecule has 21 heteroatoms. The number of rotatable bonds is 15. The predicted molar refractivity (Wildman–Crippen MR) is 209 cm³/mol. The molecule has 3 aromatic rings. The number of hydrogen-bond donors (Lipinski definition) is 4. The Morgan fingerprint density at radius 2 is 1.35 bits per heavy atom. The molecule has 4 aliphatic rings. The predicted octanol–water partition coefficient (Wildman–Crippen LogP) is 4.52. The lowest BCUT2D eigenvalue weighted by Crippen LogP contribution is -2.35. The summed E-state index contributed by atoms with van der Waals surface area (Å²) in [7, 11) is 0. The molecule has 306 valence electrons. The van der Waals surface area contributed by atoms with Crippen LogP contribution in [0.3, 0.4) is 0 Å². The zero-order valence-corrected chi connectivity index (χ0v) is 35.0. The third-order valence-electron chi connectivity index (χ3n) is 9.29. The Kier molecular flexibility index (Phi) is 14.3. The van der Waals surface area contributed by atoms with E-state index < -0.39 is 11.6 Å². The number of hydrogen-bond acceptors (Lipinski definition) is 18. The van der Waals surface area contributed by atoms with Crippen molar-refractivity contribution < 1.29 is 38.6 Å². The highest BCUT2D eigenvalue weighted by Crippen LogP contribution is 2.46. The Morgan fingerprint density at radius 3 is 1.96 bits per heavy atom. The SMILES string of the molecule is CCCSc1nc(Cl)c(N)c(N[C@@H]2C[C@H](OCCO)[C@H]3OC(C)(C)O[C@H]32)n1.CCCSc1nc(Cl)c2nnn([C@@H]3C[C@H](OCCO)[C@H]4OC(C)(C)O[C@H]43)c2n1. The summed E-state index contributed by atoms with van der Waals surface area (Å²) in [4.78, 5) is 17.7. The lowest BCUT2D eigenvalue weighted by molar-refractivity contribution is -0.171. The van der Waals surface area contributed by atoms with Gasteiger partial charge in [0.1, 0.15) is 30.1 Å². The fraction of sp³-hybridized carbons (Fsp3) is 0.765. The Bertz CT molecular complexity index is 1760. The number of ether oxygens (including phenoxy) is 6. The van der Waals surface area contributed by atoms with Gasteiger partial charge in [-0.1, -0.05) is 65.8 Å². The molecule has 4 fully saturated rings. The number of nitrogens with zero attached hydrogens (tertiary/aromatic N) is 7. The molecular formula is C34H51Cl2N9O8S2. The second kappa shape index (κ2) is 18.4. The monoisotopic (exact) mass is 847 g/mol. The average molecular weight is 849 g/mol. The van der Waals surface area contributed by atoms with Crippen LogP contribution in [0.1, 0.15) is 73.3 Å². The zero-order valence-electron chi connectivity index (χ0n) is 31.8. The van der Waals surface area contributed by atoms with Crippen molar-refractivity contribution in [3.8, 4) is 0 Å². The smallest absolute Gasteiger partial charge is 0.191 e. The van der Waals surface area contributed by atoms with Crippen LogP contribution in [0.25, 0.3) is 11.2 Å². The van der Waals surface area contributed by atoms with Gasteiger partial charge in [-0.15, -0.1) is 5.10 Å². The molecule has 0 spiro atoms. The number of aliphatic hydroxyl groups excluding tert-OH is 2. The van der Waals surface area contributed by atoms with E-state index in [1.807, 2.05) is 27.7 Å². The fourth-order valence-electron chi connectivity index (χ4n) is 7.18.